The highest BCUT2D eigenvalue weighted by Gasteiger charge is 2.21. The smallest absolute Gasteiger partial charge is 0.336 e. The maximum absolute atomic E-state index is 13.6. The fourth-order valence-electron chi connectivity index (χ4n) is 1.52. The van der Waals surface area contributed by atoms with Crippen LogP contribution in [0.15, 0.2) is 18.2 Å². The summed E-state index contributed by atoms with van der Waals surface area (Å²) in [6, 6.07) is 3.38. The minimum atomic E-state index is -1.32. The lowest BCUT2D eigenvalue weighted by atomic mass is 10.1. The van der Waals surface area contributed by atoms with Gasteiger partial charge in [-0.1, -0.05) is 6.07 Å². The number of hydrogen-bond acceptors (Lipinski definition) is 3. The van der Waals surface area contributed by atoms with Gasteiger partial charge in [0.1, 0.15) is 5.82 Å². The Labute approximate surface area is 109 Å². The van der Waals surface area contributed by atoms with Gasteiger partial charge in [0.15, 0.2) is 0 Å². The molecule has 1 rings (SSSR count). The molecule has 6 heteroatoms. The molecule has 2 N–H and O–H groups in total. The van der Waals surface area contributed by atoms with Crippen molar-refractivity contribution < 1.29 is 19.1 Å². The van der Waals surface area contributed by atoms with E-state index in [1.165, 1.54) is 23.9 Å². The monoisotopic (exact) mass is 271 g/mol. The van der Waals surface area contributed by atoms with Crippen molar-refractivity contribution in [3.05, 3.63) is 35.1 Å². The Bertz CT molecular complexity index is 465. The molecular formula is C12H14FNO3S. The average molecular weight is 271 g/mol. The van der Waals surface area contributed by atoms with Crippen LogP contribution in [0.3, 0.4) is 0 Å². The first-order valence-electron chi connectivity index (χ1n) is 5.29. The van der Waals surface area contributed by atoms with Gasteiger partial charge in [0.05, 0.1) is 11.1 Å². The number of amides is 1. The Kier molecular flexibility index (Phi) is 5.15. The van der Waals surface area contributed by atoms with E-state index >= 15 is 0 Å². The number of halogens is 1. The van der Waals surface area contributed by atoms with Crippen molar-refractivity contribution in [2.45, 2.75) is 13.0 Å². The van der Waals surface area contributed by atoms with Crippen LogP contribution in [-0.2, 0) is 0 Å². The normalized spacial score (nSPS) is 11.9. The van der Waals surface area contributed by atoms with Crippen molar-refractivity contribution in [1.29, 1.82) is 0 Å². The zero-order valence-electron chi connectivity index (χ0n) is 10.1. The fourth-order valence-corrected chi connectivity index (χ4v) is 2.10. The van der Waals surface area contributed by atoms with Crippen LogP contribution in [0.1, 0.15) is 27.6 Å². The van der Waals surface area contributed by atoms with Crippen molar-refractivity contribution in [2.24, 2.45) is 0 Å². The number of carbonyl (C=O) groups is 2. The Morgan fingerprint density at radius 2 is 2.17 bits per heavy atom. The molecular weight excluding hydrogens is 257 g/mol. The summed E-state index contributed by atoms with van der Waals surface area (Å²) in [5.41, 5.74) is -0.748. The van der Waals surface area contributed by atoms with E-state index < -0.39 is 23.3 Å². The van der Waals surface area contributed by atoms with Gasteiger partial charge < -0.3 is 10.4 Å². The fraction of sp³-hybridized carbons (Fsp3) is 0.333. The molecule has 1 atom stereocenters. The van der Waals surface area contributed by atoms with Gasteiger partial charge >= 0.3 is 5.97 Å². The summed E-state index contributed by atoms with van der Waals surface area (Å²) in [5, 5.41) is 11.5. The van der Waals surface area contributed by atoms with E-state index in [0.29, 0.717) is 5.75 Å². The highest BCUT2D eigenvalue weighted by molar-refractivity contribution is 7.98. The maximum Gasteiger partial charge on any atom is 0.336 e. The van der Waals surface area contributed by atoms with Gasteiger partial charge in [-0.2, -0.15) is 11.8 Å². The Hall–Kier alpha value is -1.56. The molecule has 0 bridgehead atoms. The third kappa shape index (κ3) is 3.46. The van der Waals surface area contributed by atoms with Crippen LogP contribution in [0.25, 0.3) is 0 Å². The molecule has 0 aromatic heterocycles. The van der Waals surface area contributed by atoms with Gasteiger partial charge in [-0.25, -0.2) is 9.18 Å². The first-order chi connectivity index (χ1) is 8.47. The van der Waals surface area contributed by atoms with Crippen LogP contribution in [0.5, 0.6) is 0 Å². The van der Waals surface area contributed by atoms with E-state index in [1.54, 1.807) is 6.92 Å². The first-order valence-corrected chi connectivity index (χ1v) is 6.68. The quantitative estimate of drug-likeness (QED) is 0.859. The molecule has 1 unspecified atom stereocenters. The summed E-state index contributed by atoms with van der Waals surface area (Å²) in [4.78, 5) is 22.8. The highest BCUT2D eigenvalue weighted by atomic mass is 32.2. The molecule has 0 radical (unpaired) electrons. The van der Waals surface area contributed by atoms with Crippen LogP contribution < -0.4 is 5.32 Å². The number of carboxylic acid groups (broad SMARTS) is 1. The summed E-state index contributed by atoms with van der Waals surface area (Å²) in [5.74, 6) is -2.18. The lowest BCUT2D eigenvalue weighted by Crippen LogP contribution is -2.35. The Balaban J connectivity index is 3.01. The van der Waals surface area contributed by atoms with Crippen molar-refractivity contribution in [1.82, 2.24) is 5.32 Å². The van der Waals surface area contributed by atoms with Crippen molar-refractivity contribution in [3.63, 3.8) is 0 Å². The maximum atomic E-state index is 13.6. The Morgan fingerprint density at radius 3 is 2.72 bits per heavy atom. The number of carbonyl (C=O) groups excluding carboxylic acids is 1. The average Bonchev–Trinajstić information content (AvgIpc) is 2.28. The van der Waals surface area contributed by atoms with Gasteiger partial charge in [-0.05, 0) is 25.3 Å². The molecule has 0 heterocycles. The number of rotatable bonds is 5. The van der Waals surface area contributed by atoms with Crippen LogP contribution in [-0.4, -0.2) is 35.0 Å². The van der Waals surface area contributed by atoms with Gasteiger partial charge in [0.2, 0.25) is 0 Å². The Morgan fingerprint density at radius 1 is 1.50 bits per heavy atom. The molecule has 1 aromatic rings. The predicted molar refractivity (Wildman–Crippen MR) is 68.7 cm³/mol. The molecule has 0 saturated heterocycles. The number of aromatic carboxylic acids is 1. The number of carboxylic acids is 1. The second kappa shape index (κ2) is 6.39. The standard InChI is InChI=1S/C12H14FNO3S/c1-7(6-18-2)14-11(15)10-8(12(16)17)4-3-5-9(10)13/h3-5,7H,6H2,1-2H3,(H,14,15)(H,16,17). The van der Waals surface area contributed by atoms with Crippen molar-refractivity contribution in [2.75, 3.05) is 12.0 Å². The van der Waals surface area contributed by atoms with Gasteiger partial charge in [-0.15, -0.1) is 0 Å². The van der Waals surface area contributed by atoms with Crippen LogP contribution in [0.4, 0.5) is 4.39 Å². The highest BCUT2D eigenvalue weighted by Crippen LogP contribution is 2.14. The van der Waals surface area contributed by atoms with E-state index in [9.17, 15) is 14.0 Å². The van der Waals surface area contributed by atoms with Crippen molar-refractivity contribution >= 4 is 23.6 Å². The van der Waals surface area contributed by atoms with E-state index in [4.69, 9.17) is 5.11 Å². The third-order valence-corrected chi connectivity index (χ3v) is 3.10. The number of benzene rings is 1. The van der Waals surface area contributed by atoms with E-state index in [2.05, 4.69) is 5.32 Å². The van der Waals surface area contributed by atoms with Gasteiger partial charge in [0, 0.05) is 11.8 Å². The molecule has 0 aliphatic carbocycles. The van der Waals surface area contributed by atoms with E-state index in [1.807, 2.05) is 6.26 Å². The second-order valence-corrected chi connectivity index (χ2v) is 4.71. The minimum absolute atomic E-state index is 0.159. The summed E-state index contributed by atoms with van der Waals surface area (Å²) in [7, 11) is 0. The lowest BCUT2D eigenvalue weighted by Gasteiger charge is -2.14. The molecule has 1 aromatic carbocycles. The predicted octanol–water partition coefficient (Wildman–Crippen LogP) is 2.01. The van der Waals surface area contributed by atoms with Gasteiger partial charge in [-0.3, -0.25) is 4.79 Å². The largest absolute Gasteiger partial charge is 0.478 e. The van der Waals surface area contributed by atoms with E-state index in [-0.39, 0.29) is 11.6 Å². The summed E-state index contributed by atoms with van der Waals surface area (Å²) < 4.78 is 13.6. The number of nitrogens with one attached hydrogen (secondary N) is 1. The molecule has 4 nitrogen and oxygen atoms in total. The van der Waals surface area contributed by atoms with Crippen LogP contribution >= 0.6 is 11.8 Å². The summed E-state index contributed by atoms with van der Waals surface area (Å²) in [6.07, 6.45) is 1.88. The third-order valence-electron chi connectivity index (χ3n) is 2.27. The molecule has 18 heavy (non-hydrogen) atoms. The van der Waals surface area contributed by atoms with Crippen molar-refractivity contribution in [3.8, 4) is 0 Å². The van der Waals surface area contributed by atoms with Gasteiger partial charge in [0.25, 0.3) is 5.91 Å². The topological polar surface area (TPSA) is 66.4 Å². The first kappa shape index (κ1) is 14.5. The lowest BCUT2D eigenvalue weighted by molar-refractivity contribution is 0.0689. The van der Waals surface area contributed by atoms with Crippen LogP contribution in [0.2, 0.25) is 0 Å². The molecule has 0 spiro atoms. The zero-order valence-corrected chi connectivity index (χ0v) is 10.9. The minimum Gasteiger partial charge on any atom is -0.478 e. The van der Waals surface area contributed by atoms with Crippen LogP contribution in [0, 0.1) is 5.82 Å². The molecule has 0 saturated carbocycles. The molecule has 98 valence electrons. The summed E-state index contributed by atoms with van der Waals surface area (Å²) >= 11 is 1.54. The second-order valence-electron chi connectivity index (χ2n) is 3.80. The SMILES string of the molecule is CSCC(C)NC(=O)c1c(F)cccc1C(=O)O. The van der Waals surface area contributed by atoms with E-state index in [0.717, 1.165) is 6.07 Å². The molecule has 0 aliphatic heterocycles. The molecule has 1 amide bonds. The number of thioether (sulfide) groups is 1. The molecule has 0 aliphatic rings. The molecule has 0 fully saturated rings. The zero-order chi connectivity index (χ0) is 13.7. The number of hydrogen-bond donors (Lipinski definition) is 2. The summed E-state index contributed by atoms with van der Waals surface area (Å²) in [6.45, 7) is 1.77.